The number of carbonyl (C=O) groups excluding carboxylic acids is 2. The minimum absolute atomic E-state index is 0. The van der Waals surface area contributed by atoms with E-state index >= 15 is 0 Å². The standard InChI is InChI=1S/C19H29N3O4.ClH/c1-21-18(23)12-26-16-9-8-14(10-17(16)25-2)19(24)22-15(11-20)13-6-4-3-5-7-13;/h8-10,13,15H,3-7,11-12,20H2,1-2H3,(H,21,23)(H,22,24);1H. The Labute approximate surface area is 166 Å². The number of nitrogens with two attached hydrogens (primary N) is 1. The number of benzene rings is 1. The summed E-state index contributed by atoms with van der Waals surface area (Å²) in [7, 11) is 3.03. The van der Waals surface area contributed by atoms with Gasteiger partial charge in [0.15, 0.2) is 18.1 Å². The first-order valence-electron chi connectivity index (χ1n) is 9.11. The van der Waals surface area contributed by atoms with Crippen molar-refractivity contribution in [3.8, 4) is 11.5 Å². The van der Waals surface area contributed by atoms with Crippen LogP contribution in [0.4, 0.5) is 0 Å². The smallest absolute Gasteiger partial charge is 0.257 e. The van der Waals surface area contributed by atoms with E-state index in [2.05, 4.69) is 10.6 Å². The predicted octanol–water partition coefficient (Wildman–Crippen LogP) is 1.88. The fourth-order valence-corrected chi connectivity index (χ4v) is 3.30. The van der Waals surface area contributed by atoms with Crippen molar-refractivity contribution in [1.29, 1.82) is 0 Å². The molecule has 1 aliphatic rings. The molecule has 0 bridgehead atoms. The first-order chi connectivity index (χ1) is 12.6. The molecule has 1 saturated carbocycles. The van der Waals surface area contributed by atoms with E-state index in [0.717, 1.165) is 12.8 Å². The summed E-state index contributed by atoms with van der Waals surface area (Å²) in [5.74, 6) is 0.836. The van der Waals surface area contributed by atoms with Crippen LogP contribution in [-0.2, 0) is 4.79 Å². The Morgan fingerprint density at radius 3 is 2.52 bits per heavy atom. The van der Waals surface area contributed by atoms with Crippen molar-refractivity contribution in [3.63, 3.8) is 0 Å². The topological polar surface area (TPSA) is 103 Å². The molecule has 1 aromatic carbocycles. The molecular formula is C19H30ClN3O4. The third-order valence-electron chi connectivity index (χ3n) is 4.85. The van der Waals surface area contributed by atoms with Crippen LogP contribution in [0.5, 0.6) is 11.5 Å². The van der Waals surface area contributed by atoms with Gasteiger partial charge in [-0.1, -0.05) is 19.3 Å². The Kier molecular flexibility index (Phi) is 9.96. The Hall–Kier alpha value is -1.99. The summed E-state index contributed by atoms with van der Waals surface area (Å²) in [5.41, 5.74) is 6.37. The molecular weight excluding hydrogens is 370 g/mol. The van der Waals surface area contributed by atoms with E-state index in [9.17, 15) is 9.59 Å². The fourth-order valence-electron chi connectivity index (χ4n) is 3.30. The molecule has 0 heterocycles. The van der Waals surface area contributed by atoms with Crippen molar-refractivity contribution in [2.75, 3.05) is 27.3 Å². The van der Waals surface area contributed by atoms with E-state index in [1.54, 1.807) is 18.2 Å². The van der Waals surface area contributed by atoms with Gasteiger partial charge in [0.05, 0.1) is 7.11 Å². The molecule has 2 amide bonds. The number of ether oxygens (including phenoxy) is 2. The zero-order valence-electron chi connectivity index (χ0n) is 16.0. The summed E-state index contributed by atoms with van der Waals surface area (Å²) in [6, 6.07) is 4.89. The van der Waals surface area contributed by atoms with Crippen molar-refractivity contribution in [3.05, 3.63) is 23.8 Å². The van der Waals surface area contributed by atoms with E-state index in [0.29, 0.717) is 29.5 Å². The van der Waals surface area contributed by atoms with Gasteiger partial charge < -0.3 is 25.8 Å². The van der Waals surface area contributed by atoms with E-state index in [4.69, 9.17) is 15.2 Å². The molecule has 1 unspecified atom stereocenters. The molecule has 1 fully saturated rings. The minimum atomic E-state index is -0.243. The van der Waals surface area contributed by atoms with Crippen LogP contribution in [0.1, 0.15) is 42.5 Å². The average molecular weight is 400 g/mol. The highest BCUT2D eigenvalue weighted by Gasteiger charge is 2.24. The van der Waals surface area contributed by atoms with Gasteiger partial charge in [-0.15, -0.1) is 12.4 Å². The summed E-state index contributed by atoms with van der Waals surface area (Å²) in [6.45, 7) is 0.316. The van der Waals surface area contributed by atoms with Crippen LogP contribution in [-0.4, -0.2) is 45.2 Å². The van der Waals surface area contributed by atoms with E-state index in [1.807, 2.05) is 0 Å². The maximum Gasteiger partial charge on any atom is 0.257 e. The van der Waals surface area contributed by atoms with Crippen LogP contribution in [0.15, 0.2) is 18.2 Å². The molecule has 1 aliphatic carbocycles. The molecule has 0 radical (unpaired) electrons. The third-order valence-corrected chi connectivity index (χ3v) is 4.85. The lowest BCUT2D eigenvalue weighted by Crippen LogP contribution is -2.45. The third kappa shape index (κ3) is 6.59. The number of likely N-dealkylation sites (N-methyl/N-ethyl adjacent to an activating group) is 1. The Morgan fingerprint density at radius 1 is 1.22 bits per heavy atom. The van der Waals surface area contributed by atoms with Crippen LogP contribution in [0.25, 0.3) is 0 Å². The summed E-state index contributed by atoms with van der Waals surface area (Å²) in [5, 5.41) is 5.54. The van der Waals surface area contributed by atoms with Crippen molar-refractivity contribution in [2.24, 2.45) is 11.7 Å². The van der Waals surface area contributed by atoms with Gasteiger partial charge in [0, 0.05) is 25.2 Å². The van der Waals surface area contributed by atoms with E-state index in [1.165, 1.54) is 33.4 Å². The average Bonchev–Trinajstić information content (AvgIpc) is 2.70. The first-order valence-corrected chi connectivity index (χ1v) is 9.11. The Balaban J connectivity index is 0.00000364. The molecule has 0 aliphatic heterocycles. The summed E-state index contributed by atoms with van der Waals surface area (Å²) >= 11 is 0. The first kappa shape index (κ1) is 23.0. The molecule has 27 heavy (non-hydrogen) atoms. The molecule has 1 atom stereocenters. The number of hydrogen-bond donors (Lipinski definition) is 3. The summed E-state index contributed by atoms with van der Waals surface area (Å²) < 4.78 is 10.7. The summed E-state index contributed by atoms with van der Waals surface area (Å²) in [6.07, 6.45) is 5.87. The largest absolute Gasteiger partial charge is 0.493 e. The predicted molar refractivity (Wildman–Crippen MR) is 107 cm³/mol. The SMILES string of the molecule is CNC(=O)COc1ccc(C(=O)NC(CN)C2CCCCC2)cc1OC.Cl. The van der Waals surface area contributed by atoms with Crippen LogP contribution in [0.3, 0.4) is 0 Å². The van der Waals surface area contributed by atoms with Crippen molar-refractivity contribution < 1.29 is 19.1 Å². The molecule has 2 rings (SSSR count). The lowest BCUT2D eigenvalue weighted by Gasteiger charge is -2.30. The number of halogens is 1. The van der Waals surface area contributed by atoms with Gasteiger partial charge in [-0.25, -0.2) is 0 Å². The van der Waals surface area contributed by atoms with Crippen molar-refractivity contribution in [1.82, 2.24) is 10.6 Å². The summed E-state index contributed by atoms with van der Waals surface area (Å²) in [4.78, 5) is 23.9. The molecule has 1 aromatic rings. The zero-order chi connectivity index (χ0) is 18.9. The fraction of sp³-hybridized carbons (Fsp3) is 0.579. The number of carbonyl (C=O) groups is 2. The van der Waals surface area contributed by atoms with Gasteiger partial charge in [0.1, 0.15) is 0 Å². The van der Waals surface area contributed by atoms with Gasteiger partial charge in [-0.05, 0) is 37.0 Å². The molecule has 0 aromatic heterocycles. The molecule has 4 N–H and O–H groups in total. The minimum Gasteiger partial charge on any atom is -0.493 e. The van der Waals surface area contributed by atoms with Crippen molar-refractivity contribution >= 4 is 24.2 Å². The normalized spacial score (nSPS) is 15.2. The van der Waals surface area contributed by atoms with E-state index in [-0.39, 0.29) is 36.9 Å². The lowest BCUT2D eigenvalue weighted by molar-refractivity contribution is -0.122. The van der Waals surface area contributed by atoms with Crippen LogP contribution in [0, 0.1) is 5.92 Å². The second-order valence-corrected chi connectivity index (χ2v) is 6.54. The maximum absolute atomic E-state index is 12.6. The lowest BCUT2D eigenvalue weighted by atomic mass is 9.84. The van der Waals surface area contributed by atoms with Crippen molar-refractivity contribution in [2.45, 2.75) is 38.1 Å². The number of nitrogens with one attached hydrogen (secondary N) is 2. The van der Waals surface area contributed by atoms with E-state index < -0.39 is 0 Å². The highest BCUT2D eigenvalue weighted by molar-refractivity contribution is 5.95. The van der Waals surface area contributed by atoms with Crippen LogP contribution >= 0.6 is 12.4 Å². The van der Waals surface area contributed by atoms with Gasteiger partial charge in [0.25, 0.3) is 11.8 Å². The molecule has 152 valence electrons. The van der Waals surface area contributed by atoms with Crippen LogP contribution < -0.4 is 25.8 Å². The molecule has 8 heteroatoms. The quantitative estimate of drug-likeness (QED) is 0.619. The van der Waals surface area contributed by atoms with Gasteiger partial charge in [-0.3, -0.25) is 9.59 Å². The zero-order valence-corrected chi connectivity index (χ0v) is 16.8. The number of methoxy groups -OCH3 is 1. The maximum atomic E-state index is 12.6. The Morgan fingerprint density at radius 2 is 1.93 bits per heavy atom. The van der Waals surface area contributed by atoms with Crippen LogP contribution in [0.2, 0.25) is 0 Å². The molecule has 7 nitrogen and oxygen atoms in total. The Bertz CT molecular complexity index is 621. The second-order valence-electron chi connectivity index (χ2n) is 6.54. The van der Waals surface area contributed by atoms with Gasteiger partial charge in [-0.2, -0.15) is 0 Å². The molecule has 0 spiro atoms. The van der Waals surface area contributed by atoms with Gasteiger partial charge >= 0.3 is 0 Å². The molecule has 0 saturated heterocycles. The van der Waals surface area contributed by atoms with Gasteiger partial charge in [0.2, 0.25) is 0 Å². The number of rotatable bonds is 8. The second kappa shape index (κ2) is 11.7. The monoisotopic (exact) mass is 399 g/mol. The highest BCUT2D eigenvalue weighted by Crippen LogP contribution is 2.29. The highest BCUT2D eigenvalue weighted by atomic mass is 35.5. The number of amides is 2. The number of hydrogen-bond acceptors (Lipinski definition) is 5.